The predicted molar refractivity (Wildman–Crippen MR) is 53.8 cm³/mol. The summed E-state index contributed by atoms with van der Waals surface area (Å²) in [5, 5.41) is 7.77. The second-order valence-electron chi connectivity index (χ2n) is 3.63. The molecular formula is C10H10N4. The molecule has 0 unspecified atom stereocenters. The highest BCUT2D eigenvalue weighted by Gasteiger charge is 2.12. The van der Waals surface area contributed by atoms with Crippen molar-refractivity contribution < 1.29 is 0 Å². The Kier molecular flexibility index (Phi) is 1.45. The van der Waals surface area contributed by atoms with Gasteiger partial charge in [0.2, 0.25) is 5.95 Å². The number of aryl methyl sites for hydroxylation is 2. The molecular weight excluding hydrogens is 176 g/mol. The van der Waals surface area contributed by atoms with E-state index in [9.17, 15) is 0 Å². The molecule has 14 heavy (non-hydrogen) atoms. The highest BCUT2D eigenvalue weighted by Crippen LogP contribution is 2.25. The smallest absolute Gasteiger partial charge is 0.240 e. The summed E-state index contributed by atoms with van der Waals surface area (Å²) in [7, 11) is 0. The van der Waals surface area contributed by atoms with E-state index in [0.717, 1.165) is 23.9 Å². The minimum Gasteiger partial charge on any atom is -0.366 e. The summed E-state index contributed by atoms with van der Waals surface area (Å²) >= 11 is 0. The van der Waals surface area contributed by atoms with Crippen LogP contribution in [0.1, 0.15) is 17.5 Å². The summed E-state index contributed by atoms with van der Waals surface area (Å²) in [6.07, 6.45) is 3.53. The van der Waals surface area contributed by atoms with Crippen LogP contribution in [0.5, 0.6) is 0 Å². The Labute approximate surface area is 81.2 Å². The topological polar surface area (TPSA) is 64.7 Å². The maximum absolute atomic E-state index is 5.48. The number of anilines is 1. The van der Waals surface area contributed by atoms with Gasteiger partial charge in [0.15, 0.2) is 0 Å². The Morgan fingerprint density at radius 2 is 1.71 bits per heavy atom. The number of hydrogen-bond donors (Lipinski definition) is 1. The number of hydrogen-bond acceptors (Lipinski definition) is 4. The Balaban J connectivity index is 2.33. The quantitative estimate of drug-likeness (QED) is 0.669. The summed E-state index contributed by atoms with van der Waals surface area (Å²) in [4.78, 5) is 4.16. The van der Waals surface area contributed by atoms with E-state index in [1.807, 2.05) is 0 Å². The number of benzene rings is 1. The van der Waals surface area contributed by atoms with Crippen LogP contribution in [0.4, 0.5) is 5.95 Å². The average molecular weight is 186 g/mol. The number of nitrogens with two attached hydrogens (primary N) is 1. The second kappa shape index (κ2) is 2.64. The van der Waals surface area contributed by atoms with Crippen molar-refractivity contribution in [2.45, 2.75) is 19.3 Å². The fraction of sp³-hybridized carbons (Fsp3) is 0.300. The Morgan fingerprint density at radius 1 is 1.00 bits per heavy atom. The summed E-state index contributed by atoms with van der Waals surface area (Å²) in [6.45, 7) is 0. The molecule has 0 spiro atoms. The van der Waals surface area contributed by atoms with Crippen LogP contribution in [-0.2, 0) is 12.8 Å². The molecule has 1 aliphatic rings. The molecule has 0 radical (unpaired) electrons. The van der Waals surface area contributed by atoms with Gasteiger partial charge in [0, 0.05) is 0 Å². The molecule has 0 amide bonds. The molecule has 70 valence electrons. The molecule has 2 aromatic rings. The van der Waals surface area contributed by atoms with Crippen molar-refractivity contribution in [2.75, 3.05) is 5.73 Å². The maximum Gasteiger partial charge on any atom is 0.240 e. The molecule has 0 bridgehead atoms. The minimum absolute atomic E-state index is 0.246. The third-order valence-corrected chi connectivity index (χ3v) is 2.68. The largest absolute Gasteiger partial charge is 0.366 e. The zero-order valence-corrected chi connectivity index (χ0v) is 7.70. The van der Waals surface area contributed by atoms with E-state index in [2.05, 4.69) is 27.3 Å². The lowest BCUT2D eigenvalue weighted by Crippen LogP contribution is -1.98. The number of nitrogen functional groups attached to an aromatic ring is 1. The van der Waals surface area contributed by atoms with Crippen molar-refractivity contribution in [1.29, 1.82) is 0 Å². The predicted octanol–water partition coefficient (Wildman–Crippen LogP) is 1.10. The van der Waals surface area contributed by atoms with Crippen molar-refractivity contribution in [3.05, 3.63) is 23.3 Å². The molecule has 1 heterocycles. The van der Waals surface area contributed by atoms with Crippen molar-refractivity contribution >= 4 is 17.0 Å². The molecule has 1 aromatic heterocycles. The Morgan fingerprint density at radius 3 is 2.50 bits per heavy atom. The number of fused-ring (bicyclic) bond motifs is 2. The van der Waals surface area contributed by atoms with Gasteiger partial charge in [-0.15, -0.1) is 10.2 Å². The Bertz CT molecular complexity index is 507. The molecule has 0 fully saturated rings. The van der Waals surface area contributed by atoms with Crippen molar-refractivity contribution in [3.8, 4) is 0 Å². The van der Waals surface area contributed by atoms with Crippen LogP contribution in [0.25, 0.3) is 11.0 Å². The highest BCUT2D eigenvalue weighted by atomic mass is 15.2. The minimum atomic E-state index is 0.246. The van der Waals surface area contributed by atoms with Crippen LogP contribution in [0.15, 0.2) is 12.1 Å². The van der Waals surface area contributed by atoms with Crippen LogP contribution in [-0.4, -0.2) is 15.2 Å². The summed E-state index contributed by atoms with van der Waals surface area (Å²) in [5.74, 6) is 0.246. The first kappa shape index (κ1) is 7.67. The zero-order valence-electron chi connectivity index (χ0n) is 7.70. The van der Waals surface area contributed by atoms with E-state index >= 15 is 0 Å². The molecule has 1 aromatic carbocycles. The van der Waals surface area contributed by atoms with Gasteiger partial charge in [-0.05, 0) is 42.5 Å². The average Bonchev–Trinajstić information content (AvgIpc) is 2.61. The van der Waals surface area contributed by atoms with Gasteiger partial charge in [-0.3, -0.25) is 0 Å². The van der Waals surface area contributed by atoms with Crippen molar-refractivity contribution in [1.82, 2.24) is 15.2 Å². The molecule has 3 rings (SSSR count). The van der Waals surface area contributed by atoms with E-state index in [1.165, 1.54) is 17.5 Å². The van der Waals surface area contributed by atoms with Gasteiger partial charge < -0.3 is 5.73 Å². The van der Waals surface area contributed by atoms with Gasteiger partial charge in [0.1, 0.15) is 5.52 Å². The summed E-state index contributed by atoms with van der Waals surface area (Å²) in [6, 6.07) is 4.17. The monoisotopic (exact) mass is 186 g/mol. The van der Waals surface area contributed by atoms with Gasteiger partial charge in [-0.1, -0.05) is 0 Å². The summed E-state index contributed by atoms with van der Waals surface area (Å²) < 4.78 is 0. The highest BCUT2D eigenvalue weighted by molar-refractivity contribution is 5.76. The lowest BCUT2D eigenvalue weighted by Gasteiger charge is -2.01. The molecule has 0 saturated heterocycles. The van der Waals surface area contributed by atoms with E-state index < -0.39 is 0 Å². The van der Waals surface area contributed by atoms with E-state index in [1.54, 1.807) is 0 Å². The zero-order chi connectivity index (χ0) is 9.54. The first-order chi connectivity index (χ1) is 6.83. The molecule has 1 aliphatic carbocycles. The molecule has 4 nitrogen and oxygen atoms in total. The molecule has 0 atom stereocenters. The van der Waals surface area contributed by atoms with Gasteiger partial charge >= 0.3 is 0 Å². The third-order valence-electron chi connectivity index (χ3n) is 2.68. The van der Waals surface area contributed by atoms with Crippen LogP contribution in [0.2, 0.25) is 0 Å². The first-order valence-corrected chi connectivity index (χ1v) is 4.74. The lowest BCUT2D eigenvalue weighted by atomic mass is 10.1. The molecule has 0 saturated carbocycles. The van der Waals surface area contributed by atoms with Crippen LogP contribution in [0.3, 0.4) is 0 Å². The summed E-state index contributed by atoms with van der Waals surface area (Å²) in [5.41, 5.74) is 9.96. The Hall–Kier alpha value is -1.71. The number of aromatic nitrogens is 3. The maximum atomic E-state index is 5.48. The molecule has 4 heteroatoms. The van der Waals surface area contributed by atoms with Crippen LogP contribution < -0.4 is 5.73 Å². The standard InChI is InChI=1S/C10H10N4/c11-10-12-8-4-6-2-1-3-7(6)5-9(8)13-14-10/h4-5H,1-3H2,(H2,11,12,14). The van der Waals surface area contributed by atoms with Gasteiger partial charge in [-0.25, -0.2) is 4.98 Å². The fourth-order valence-electron chi connectivity index (χ4n) is 2.02. The van der Waals surface area contributed by atoms with Gasteiger partial charge in [0.05, 0.1) is 5.52 Å². The third kappa shape index (κ3) is 1.04. The van der Waals surface area contributed by atoms with E-state index in [0.29, 0.717) is 0 Å². The number of rotatable bonds is 0. The van der Waals surface area contributed by atoms with Crippen LogP contribution >= 0.6 is 0 Å². The second-order valence-corrected chi connectivity index (χ2v) is 3.63. The normalized spacial score (nSPS) is 14.6. The first-order valence-electron chi connectivity index (χ1n) is 4.74. The lowest BCUT2D eigenvalue weighted by molar-refractivity contribution is 0.912. The molecule has 2 N–H and O–H groups in total. The van der Waals surface area contributed by atoms with Crippen LogP contribution in [0, 0.1) is 0 Å². The SMILES string of the molecule is Nc1nnc2cc3c(cc2n1)CCC3. The van der Waals surface area contributed by atoms with E-state index in [4.69, 9.17) is 5.73 Å². The van der Waals surface area contributed by atoms with E-state index in [-0.39, 0.29) is 5.95 Å². The van der Waals surface area contributed by atoms with Crippen molar-refractivity contribution in [3.63, 3.8) is 0 Å². The van der Waals surface area contributed by atoms with Crippen molar-refractivity contribution in [2.24, 2.45) is 0 Å². The van der Waals surface area contributed by atoms with Gasteiger partial charge in [0.25, 0.3) is 0 Å². The fourth-order valence-corrected chi connectivity index (χ4v) is 2.02. The van der Waals surface area contributed by atoms with Gasteiger partial charge in [-0.2, -0.15) is 0 Å². The molecule has 0 aliphatic heterocycles. The number of nitrogens with zero attached hydrogens (tertiary/aromatic N) is 3.